The third-order valence-electron chi connectivity index (χ3n) is 6.55. The van der Waals surface area contributed by atoms with Crippen molar-refractivity contribution in [2.45, 2.75) is 66.7 Å². The van der Waals surface area contributed by atoms with E-state index in [-0.39, 0.29) is 23.7 Å². The van der Waals surface area contributed by atoms with Crippen LogP contribution in [0.1, 0.15) is 80.1 Å². The Bertz CT molecular complexity index is 979. The normalized spacial score (nSPS) is 11.9. The smallest absolute Gasteiger partial charge is 0.253 e. The maximum atomic E-state index is 12.5. The zero-order valence-corrected chi connectivity index (χ0v) is 21.3. The minimum atomic E-state index is -0.411. The first-order valence-corrected chi connectivity index (χ1v) is 11.5. The molecule has 0 aliphatic rings. The first kappa shape index (κ1) is 25.6. The van der Waals surface area contributed by atoms with Gasteiger partial charge in [0.2, 0.25) is 0 Å². The molecular weight excluding hydrogens is 398 g/mol. The van der Waals surface area contributed by atoms with Gasteiger partial charge in [0.25, 0.3) is 5.91 Å². The van der Waals surface area contributed by atoms with Crippen LogP contribution in [0.5, 0.6) is 5.75 Å². The highest BCUT2D eigenvalue weighted by molar-refractivity contribution is 5.95. The quantitative estimate of drug-likeness (QED) is 0.501. The Morgan fingerprint density at radius 2 is 1.41 bits per heavy atom. The molecule has 2 aromatic rings. The third kappa shape index (κ3) is 5.23. The van der Waals surface area contributed by atoms with Crippen molar-refractivity contribution in [3.8, 4) is 5.75 Å². The van der Waals surface area contributed by atoms with Crippen LogP contribution in [-0.2, 0) is 10.2 Å². The molecule has 2 rings (SSSR count). The van der Waals surface area contributed by atoms with Crippen molar-refractivity contribution in [2.24, 2.45) is 5.41 Å². The molecule has 0 radical (unpaired) electrons. The Hall–Kier alpha value is -2.62. The fraction of sp³-hybridized carbons (Fsp3) is 0.500. The number of hydrogen-bond donors (Lipinski definition) is 0. The lowest BCUT2D eigenvalue weighted by Gasteiger charge is -2.34. The number of carbonyl (C=O) groups is 2. The molecule has 0 N–H and O–H groups in total. The fourth-order valence-corrected chi connectivity index (χ4v) is 4.14. The van der Waals surface area contributed by atoms with Crippen molar-refractivity contribution in [2.75, 3.05) is 20.7 Å². The van der Waals surface area contributed by atoms with Crippen LogP contribution < -0.4 is 4.74 Å². The Balaban J connectivity index is 2.41. The minimum Gasteiger partial charge on any atom is -0.486 e. The second kappa shape index (κ2) is 9.89. The predicted molar refractivity (Wildman–Crippen MR) is 132 cm³/mol. The van der Waals surface area contributed by atoms with E-state index >= 15 is 0 Å². The van der Waals surface area contributed by atoms with Crippen LogP contribution in [0.25, 0.3) is 0 Å². The molecular formula is C28H39NO3. The molecule has 0 bridgehead atoms. The van der Waals surface area contributed by atoms with Crippen LogP contribution in [0.15, 0.2) is 36.4 Å². The average molecular weight is 438 g/mol. The van der Waals surface area contributed by atoms with Gasteiger partial charge in [0.05, 0.1) is 0 Å². The number of Topliss-reactive ketones (excluding diaryl/α,β-unsaturated/α-hetero) is 1. The Kier molecular flexibility index (Phi) is 7.92. The number of nitrogens with zero attached hydrogens (tertiary/aromatic N) is 1. The van der Waals surface area contributed by atoms with Crippen LogP contribution in [0.4, 0.5) is 0 Å². The molecule has 2 aromatic carbocycles. The second-order valence-corrected chi connectivity index (χ2v) is 9.96. The summed E-state index contributed by atoms with van der Waals surface area (Å²) in [6, 6.07) is 12.5. The SMILES string of the molecule is CCC(CC)(c1ccc(OCC(=O)C(C)(C)C)c(C)c1)c1ccc(C(=O)N(C)C)c(C)c1. The summed E-state index contributed by atoms with van der Waals surface area (Å²) in [7, 11) is 3.55. The number of aryl methyl sites for hydroxylation is 2. The van der Waals surface area contributed by atoms with E-state index < -0.39 is 5.41 Å². The van der Waals surface area contributed by atoms with Crippen LogP contribution >= 0.6 is 0 Å². The second-order valence-electron chi connectivity index (χ2n) is 9.96. The van der Waals surface area contributed by atoms with Crippen molar-refractivity contribution in [3.05, 3.63) is 64.2 Å². The monoisotopic (exact) mass is 437 g/mol. The molecule has 0 spiro atoms. The lowest BCUT2D eigenvalue weighted by Crippen LogP contribution is -2.28. The van der Waals surface area contributed by atoms with Crippen molar-refractivity contribution in [1.29, 1.82) is 0 Å². The highest BCUT2D eigenvalue weighted by Gasteiger charge is 2.32. The Morgan fingerprint density at radius 1 is 0.875 bits per heavy atom. The number of rotatable bonds is 8. The molecule has 32 heavy (non-hydrogen) atoms. The lowest BCUT2D eigenvalue weighted by molar-refractivity contribution is -0.128. The number of ketones is 1. The zero-order valence-electron chi connectivity index (χ0n) is 21.3. The molecule has 0 aliphatic carbocycles. The highest BCUT2D eigenvalue weighted by Crippen LogP contribution is 2.41. The number of ether oxygens (including phenoxy) is 1. The molecule has 0 aromatic heterocycles. The van der Waals surface area contributed by atoms with Gasteiger partial charge in [-0.15, -0.1) is 0 Å². The summed E-state index contributed by atoms with van der Waals surface area (Å²) in [4.78, 5) is 26.3. The molecule has 0 fully saturated rings. The summed E-state index contributed by atoms with van der Waals surface area (Å²) in [6.07, 6.45) is 1.87. The van der Waals surface area contributed by atoms with Crippen molar-refractivity contribution < 1.29 is 14.3 Å². The molecule has 4 nitrogen and oxygen atoms in total. The lowest BCUT2D eigenvalue weighted by atomic mass is 9.70. The summed E-state index contributed by atoms with van der Waals surface area (Å²) < 4.78 is 5.86. The molecule has 0 saturated carbocycles. The first-order chi connectivity index (χ1) is 14.9. The summed E-state index contributed by atoms with van der Waals surface area (Å²) in [5.41, 5.74) is 4.62. The van der Waals surface area contributed by atoms with Crippen LogP contribution in [0, 0.1) is 19.3 Å². The molecule has 0 aliphatic heterocycles. The number of benzene rings is 2. The van der Waals surface area contributed by atoms with E-state index in [1.54, 1.807) is 19.0 Å². The van der Waals surface area contributed by atoms with Gasteiger partial charge in [0, 0.05) is 30.5 Å². The third-order valence-corrected chi connectivity index (χ3v) is 6.55. The van der Waals surface area contributed by atoms with Gasteiger partial charge in [-0.2, -0.15) is 0 Å². The van der Waals surface area contributed by atoms with Gasteiger partial charge in [0.15, 0.2) is 5.78 Å². The Labute approximate surface area is 194 Å². The number of amides is 1. The molecule has 1 amide bonds. The van der Waals surface area contributed by atoms with Gasteiger partial charge in [-0.3, -0.25) is 9.59 Å². The van der Waals surface area contributed by atoms with Crippen molar-refractivity contribution in [1.82, 2.24) is 4.90 Å². The van der Waals surface area contributed by atoms with Crippen LogP contribution in [0.3, 0.4) is 0 Å². The summed E-state index contributed by atoms with van der Waals surface area (Å²) in [6.45, 7) is 14.3. The van der Waals surface area contributed by atoms with Gasteiger partial charge in [-0.1, -0.05) is 58.9 Å². The van der Waals surface area contributed by atoms with E-state index in [1.165, 1.54) is 11.1 Å². The van der Waals surface area contributed by atoms with Crippen LogP contribution in [0.2, 0.25) is 0 Å². The molecule has 0 unspecified atom stereocenters. The first-order valence-electron chi connectivity index (χ1n) is 11.5. The molecule has 174 valence electrons. The molecule has 0 saturated heterocycles. The number of carbonyl (C=O) groups excluding carboxylic acids is 2. The molecule has 4 heteroatoms. The van der Waals surface area contributed by atoms with E-state index in [1.807, 2.05) is 46.8 Å². The maximum absolute atomic E-state index is 12.5. The fourth-order valence-electron chi connectivity index (χ4n) is 4.14. The van der Waals surface area contributed by atoms with E-state index in [4.69, 9.17) is 4.74 Å². The van der Waals surface area contributed by atoms with Gasteiger partial charge < -0.3 is 9.64 Å². The highest BCUT2D eigenvalue weighted by atomic mass is 16.5. The molecule has 0 atom stereocenters. The maximum Gasteiger partial charge on any atom is 0.253 e. The van der Waals surface area contributed by atoms with E-state index in [0.29, 0.717) is 0 Å². The van der Waals surface area contributed by atoms with Crippen LogP contribution in [-0.4, -0.2) is 37.3 Å². The summed E-state index contributed by atoms with van der Waals surface area (Å²) >= 11 is 0. The van der Waals surface area contributed by atoms with E-state index in [2.05, 4.69) is 38.1 Å². The van der Waals surface area contributed by atoms with Gasteiger partial charge in [-0.05, 0) is 61.1 Å². The topological polar surface area (TPSA) is 46.6 Å². The minimum absolute atomic E-state index is 0.0230. The van der Waals surface area contributed by atoms with E-state index in [9.17, 15) is 9.59 Å². The Morgan fingerprint density at radius 3 is 1.84 bits per heavy atom. The number of hydrogen-bond acceptors (Lipinski definition) is 3. The van der Waals surface area contributed by atoms with Gasteiger partial charge >= 0.3 is 0 Å². The zero-order chi connectivity index (χ0) is 24.3. The largest absolute Gasteiger partial charge is 0.486 e. The van der Waals surface area contributed by atoms with Gasteiger partial charge in [0.1, 0.15) is 12.4 Å². The summed E-state index contributed by atoms with van der Waals surface area (Å²) in [5, 5.41) is 0. The standard InChI is InChI=1S/C28H39NO3/c1-10-28(11-2,21-12-14-23(19(3)16-21)26(31)29(8)9)22-13-15-24(20(4)17-22)32-18-25(30)27(5,6)7/h12-17H,10-11,18H2,1-9H3. The predicted octanol–water partition coefficient (Wildman–Crippen LogP) is 6.11. The van der Waals surface area contributed by atoms with E-state index in [0.717, 1.165) is 35.3 Å². The van der Waals surface area contributed by atoms with Crippen molar-refractivity contribution >= 4 is 11.7 Å². The average Bonchev–Trinajstić information content (AvgIpc) is 2.73. The van der Waals surface area contributed by atoms with Crippen molar-refractivity contribution in [3.63, 3.8) is 0 Å². The molecule has 0 heterocycles. The summed E-state index contributed by atoms with van der Waals surface area (Å²) in [5.74, 6) is 0.852. The van der Waals surface area contributed by atoms with Gasteiger partial charge in [-0.25, -0.2) is 0 Å².